The number of sulfonamides is 1. The van der Waals surface area contributed by atoms with Crippen LogP contribution >= 0.6 is 27.3 Å². The summed E-state index contributed by atoms with van der Waals surface area (Å²) in [5.41, 5.74) is 1.27. The molecule has 1 N–H and O–H groups in total. The zero-order valence-electron chi connectivity index (χ0n) is 8.84. The fourth-order valence-corrected chi connectivity index (χ4v) is 4.67. The largest absolute Gasteiger partial charge is 0.279 e. The minimum Gasteiger partial charge on any atom is -0.279 e. The van der Waals surface area contributed by atoms with Crippen molar-refractivity contribution in [1.29, 1.82) is 0 Å². The quantitative estimate of drug-likeness (QED) is 0.939. The van der Waals surface area contributed by atoms with Crippen LogP contribution in [0.3, 0.4) is 0 Å². The molecule has 0 unspecified atom stereocenters. The van der Waals surface area contributed by atoms with E-state index in [1.54, 1.807) is 36.7 Å². The van der Waals surface area contributed by atoms with E-state index in [0.29, 0.717) is 10.2 Å². The van der Waals surface area contributed by atoms with Gasteiger partial charge in [-0.05, 0) is 46.4 Å². The Morgan fingerprint density at radius 2 is 2.18 bits per heavy atom. The van der Waals surface area contributed by atoms with Gasteiger partial charge in [-0.25, -0.2) is 8.42 Å². The molecule has 17 heavy (non-hydrogen) atoms. The lowest BCUT2D eigenvalue weighted by molar-refractivity contribution is 0.603. The molecule has 0 aliphatic carbocycles. The summed E-state index contributed by atoms with van der Waals surface area (Å²) < 4.78 is 27.4. The van der Waals surface area contributed by atoms with Crippen molar-refractivity contribution in [3.05, 3.63) is 39.9 Å². The van der Waals surface area contributed by atoms with E-state index < -0.39 is 10.0 Å². The fraction of sp³-hybridized carbons (Fsp3) is 0.100. The first-order chi connectivity index (χ1) is 7.99. The van der Waals surface area contributed by atoms with Crippen LogP contribution in [0.4, 0.5) is 5.69 Å². The van der Waals surface area contributed by atoms with Crippen LogP contribution in [0.5, 0.6) is 0 Å². The van der Waals surface area contributed by atoms with E-state index in [2.05, 4.69) is 25.6 Å². The third kappa shape index (κ3) is 2.85. The molecule has 0 amide bonds. The number of halogens is 1. The van der Waals surface area contributed by atoms with Crippen molar-refractivity contribution in [3.63, 3.8) is 0 Å². The summed E-state index contributed by atoms with van der Waals surface area (Å²) >= 11 is 4.38. The Bertz CT molecular complexity index is 637. The van der Waals surface area contributed by atoms with Crippen LogP contribution in [0.2, 0.25) is 0 Å². The first-order valence-corrected chi connectivity index (χ1v) is 7.83. The minimum atomic E-state index is -3.52. The molecule has 0 saturated carbocycles. The van der Waals surface area contributed by atoms with Gasteiger partial charge in [-0.1, -0.05) is 0 Å². The lowest BCUT2D eigenvalue weighted by Crippen LogP contribution is -2.12. The second-order valence-corrected chi connectivity index (χ2v) is 7.00. The van der Waals surface area contributed by atoms with Crippen LogP contribution < -0.4 is 4.72 Å². The van der Waals surface area contributed by atoms with E-state index in [1.165, 1.54) is 11.3 Å². The molecule has 0 spiro atoms. The lowest BCUT2D eigenvalue weighted by atomic mass is 10.3. The van der Waals surface area contributed by atoms with Gasteiger partial charge < -0.3 is 0 Å². The Morgan fingerprint density at radius 1 is 1.41 bits per heavy atom. The van der Waals surface area contributed by atoms with Crippen LogP contribution in [-0.2, 0) is 10.0 Å². The molecule has 7 heteroatoms. The molecule has 0 bridgehead atoms. The number of thiophene rings is 1. The Hall–Kier alpha value is -0.920. The molecule has 2 aromatic rings. The van der Waals surface area contributed by atoms with Gasteiger partial charge in [-0.2, -0.15) is 0 Å². The third-order valence-electron chi connectivity index (χ3n) is 1.98. The van der Waals surface area contributed by atoms with Crippen LogP contribution in [0, 0.1) is 6.92 Å². The highest BCUT2D eigenvalue weighted by molar-refractivity contribution is 9.10. The van der Waals surface area contributed by atoms with Gasteiger partial charge in [-0.3, -0.25) is 9.71 Å². The molecule has 2 aromatic heterocycles. The van der Waals surface area contributed by atoms with Crippen molar-refractivity contribution in [2.75, 3.05) is 4.72 Å². The van der Waals surface area contributed by atoms with Gasteiger partial charge in [0.15, 0.2) is 4.21 Å². The van der Waals surface area contributed by atoms with Gasteiger partial charge in [0.1, 0.15) is 0 Å². The molecular formula is C10H9BrN2O2S2. The lowest BCUT2D eigenvalue weighted by Gasteiger charge is -2.06. The average molecular weight is 333 g/mol. The predicted molar refractivity (Wildman–Crippen MR) is 71.8 cm³/mol. The molecule has 90 valence electrons. The van der Waals surface area contributed by atoms with Gasteiger partial charge in [0.05, 0.1) is 5.69 Å². The van der Waals surface area contributed by atoms with Crippen LogP contribution in [0.25, 0.3) is 0 Å². The molecule has 4 nitrogen and oxygen atoms in total. The monoisotopic (exact) mass is 332 g/mol. The molecule has 2 heterocycles. The van der Waals surface area contributed by atoms with Crippen LogP contribution in [0.15, 0.2) is 38.5 Å². The Balaban J connectivity index is 2.33. The predicted octanol–water partition coefficient (Wildman–Crippen LogP) is 3.01. The zero-order chi connectivity index (χ0) is 12.5. The number of anilines is 1. The molecule has 0 aliphatic rings. The highest BCUT2D eigenvalue weighted by Gasteiger charge is 2.19. The minimum absolute atomic E-state index is 0.270. The van der Waals surface area contributed by atoms with Gasteiger partial charge in [0.25, 0.3) is 10.0 Å². The first-order valence-electron chi connectivity index (χ1n) is 4.67. The molecule has 0 radical (unpaired) electrons. The number of aromatic nitrogens is 1. The van der Waals surface area contributed by atoms with E-state index in [-0.39, 0.29) is 4.21 Å². The van der Waals surface area contributed by atoms with Crippen molar-refractivity contribution in [1.82, 2.24) is 4.98 Å². The summed E-state index contributed by atoms with van der Waals surface area (Å²) in [5.74, 6) is 0. The molecule has 0 fully saturated rings. The highest BCUT2D eigenvalue weighted by Crippen LogP contribution is 2.29. The topological polar surface area (TPSA) is 59.1 Å². The normalized spacial score (nSPS) is 11.4. The summed E-state index contributed by atoms with van der Waals surface area (Å²) in [4.78, 5) is 4.01. The second kappa shape index (κ2) is 4.75. The van der Waals surface area contributed by atoms with Gasteiger partial charge in [0.2, 0.25) is 0 Å². The van der Waals surface area contributed by atoms with Crippen molar-refractivity contribution < 1.29 is 8.42 Å². The Kier molecular flexibility index (Phi) is 3.50. The Morgan fingerprint density at radius 3 is 2.76 bits per heavy atom. The summed E-state index contributed by atoms with van der Waals surface area (Å²) in [7, 11) is -3.52. The SMILES string of the molecule is Cc1cc(NS(=O)(=O)c2sccc2Br)ccn1. The van der Waals surface area contributed by atoms with Gasteiger partial charge in [-0.15, -0.1) is 11.3 Å². The number of aryl methyl sites for hydroxylation is 1. The standard InChI is InChI=1S/C10H9BrN2O2S2/c1-7-6-8(2-4-12-7)13-17(14,15)10-9(11)3-5-16-10/h2-6H,1H3,(H,12,13). The number of nitrogens with zero attached hydrogens (tertiary/aromatic N) is 1. The summed E-state index contributed by atoms with van der Waals surface area (Å²) in [6, 6.07) is 5.00. The number of hydrogen-bond acceptors (Lipinski definition) is 4. The molecule has 0 saturated heterocycles. The Labute approximate surface area is 112 Å². The van der Waals surface area contributed by atoms with E-state index in [1.807, 2.05) is 0 Å². The molecule has 0 aliphatic heterocycles. The smallest absolute Gasteiger partial charge is 0.272 e. The van der Waals surface area contributed by atoms with E-state index in [0.717, 1.165) is 5.69 Å². The third-order valence-corrected chi connectivity index (χ3v) is 6.03. The summed E-state index contributed by atoms with van der Waals surface area (Å²) in [5, 5.41) is 1.72. The second-order valence-electron chi connectivity index (χ2n) is 3.35. The average Bonchev–Trinajstić information content (AvgIpc) is 2.64. The molecular weight excluding hydrogens is 324 g/mol. The van der Waals surface area contributed by atoms with E-state index >= 15 is 0 Å². The van der Waals surface area contributed by atoms with Gasteiger partial charge >= 0.3 is 0 Å². The summed E-state index contributed by atoms with van der Waals surface area (Å²) in [6.07, 6.45) is 1.57. The molecule has 0 aromatic carbocycles. The maximum Gasteiger partial charge on any atom is 0.272 e. The zero-order valence-corrected chi connectivity index (χ0v) is 12.1. The maximum atomic E-state index is 12.0. The molecule has 2 rings (SSSR count). The van der Waals surface area contributed by atoms with Crippen molar-refractivity contribution in [2.24, 2.45) is 0 Å². The van der Waals surface area contributed by atoms with Gasteiger partial charge in [0, 0.05) is 16.4 Å². The van der Waals surface area contributed by atoms with Crippen molar-refractivity contribution >= 4 is 43.0 Å². The highest BCUT2D eigenvalue weighted by atomic mass is 79.9. The van der Waals surface area contributed by atoms with Crippen LogP contribution in [-0.4, -0.2) is 13.4 Å². The van der Waals surface area contributed by atoms with Crippen molar-refractivity contribution in [3.8, 4) is 0 Å². The molecule has 0 atom stereocenters. The fourth-order valence-electron chi connectivity index (χ4n) is 1.28. The van der Waals surface area contributed by atoms with E-state index in [9.17, 15) is 8.42 Å². The number of hydrogen-bond donors (Lipinski definition) is 1. The summed E-state index contributed by atoms with van der Waals surface area (Å²) in [6.45, 7) is 1.80. The number of rotatable bonds is 3. The first kappa shape index (κ1) is 12.5. The number of nitrogens with one attached hydrogen (secondary N) is 1. The van der Waals surface area contributed by atoms with E-state index in [4.69, 9.17) is 0 Å². The maximum absolute atomic E-state index is 12.0. The number of pyridine rings is 1. The van der Waals surface area contributed by atoms with Crippen molar-refractivity contribution in [2.45, 2.75) is 11.1 Å². The van der Waals surface area contributed by atoms with Crippen LogP contribution in [0.1, 0.15) is 5.69 Å².